The molecule has 1 rings (SSSR count). The molecule has 0 aromatic carbocycles. The molecule has 84 valence electrons. The molecule has 0 N–H and O–H groups in total. The fourth-order valence-corrected chi connectivity index (χ4v) is 0.852. The monoisotopic (exact) mass is 230 g/mol. The van der Waals surface area contributed by atoms with Crippen molar-refractivity contribution in [3.05, 3.63) is 0 Å². The molecule has 0 aromatic heterocycles. The van der Waals surface area contributed by atoms with Gasteiger partial charge in [0.15, 0.2) is 6.10 Å². The number of epoxide rings is 1. The lowest BCUT2D eigenvalue weighted by molar-refractivity contribution is -0.346. The van der Waals surface area contributed by atoms with Crippen LogP contribution in [-0.4, -0.2) is 30.5 Å². The van der Waals surface area contributed by atoms with Crippen LogP contribution in [0.2, 0.25) is 0 Å². The van der Waals surface area contributed by atoms with Crippen LogP contribution in [0.25, 0.3) is 0 Å². The van der Waals surface area contributed by atoms with Gasteiger partial charge in [0.25, 0.3) is 0 Å². The zero-order chi connectivity index (χ0) is 11.4. The lowest BCUT2D eigenvalue weighted by Gasteiger charge is -2.27. The van der Waals surface area contributed by atoms with Gasteiger partial charge in [-0.05, 0) is 0 Å². The molecular formula is C5H2F8O. The minimum Gasteiger partial charge on any atom is -0.333 e. The number of halogens is 8. The van der Waals surface area contributed by atoms with E-state index in [1.54, 1.807) is 0 Å². The molecule has 1 nitrogen and oxygen atoms in total. The fourth-order valence-electron chi connectivity index (χ4n) is 0.852. The predicted molar refractivity (Wildman–Crippen MR) is 25.7 cm³/mol. The molecule has 0 amide bonds. The molecular weight excluding hydrogens is 228 g/mol. The molecule has 0 saturated carbocycles. The third-order valence-corrected chi connectivity index (χ3v) is 1.66. The lowest BCUT2D eigenvalue weighted by atomic mass is 10.0. The lowest BCUT2D eigenvalue weighted by Crippen LogP contribution is -2.57. The average molecular weight is 230 g/mol. The predicted octanol–water partition coefficient (Wildman–Crippen LogP) is 2.51. The topological polar surface area (TPSA) is 12.5 Å². The summed E-state index contributed by atoms with van der Waals surface area (Å²) in [6.07, 6.45) is -18.5. The Morgan fingerprint density at radius 1 is 0.786 bits per heavy atom. The van der Waals surface area contributed by atoms with Gasteiger partial charge in [-0.1, -0.05) is 0 Å². The first kappa shape index (κ1) is 11.5. The van der Waals surface area contributed by atoms with Crippen LogP contribution >= 0.6 is 0 Å². The highest BCUT2D eigenvalue weighted by molar-refractivity contribution is 5.07. The molecule has 0 aliphatic carbocycles. The van der Waals surface area contributed by atoms with Crippen molar-refractivity contribution in [2.24, 2.45) is 0 Å². The van der Waals surface area contributed by atoms with E-state index in [9.17, 15) is 35.1 Å². The van der Waals surface area contributed by atoms with Crippen LogP contribution in [0.3, 0.4) is 0 Å². The maximum atomic E-state index is 12.6. The highest BCUT2D eigenvalue weighted by Gasteiger charge is 2.82. The summed E-state index contributed by atoms with van der Waals surface area (Å²) in [5, 5.41) is 0. The van der Waals surface area contributed by atoms with E-state index in [2.05, 4.69) is 4.74 Å². The Labute approximate surface area is 71.6 Å². The first-order chi connectivity index (χ1) is 6.02. The first-order valence-electron chi connectivity index (χ1n) is 3.13. The van der Waals surface area contributed by atoms with Crippen LogP contribution in [0.4, 0.5) is 35.1 Å². The quantitative estimate of drug-likeness (QED) is 0.498. The van der Waals surface area contributed by atoms with Crippen molar-refractivity contribution in [2.45, 2.75) is 30.5 Å². The van der Waals surface area contributed by atoms with Crippen molar-refractivity contribution in [1.29, 1.82) is 0 Å². The Morgan fingerprint density at radius 2 is 1.07 bits per heavy atom. The van der Waals surface area contributed by atoms with Gasteiger partial charge in [0.1, 0.15) is 0 Å². The van der Waals surface area contributed by atoms with Crippen molar-refractivity contribution < 1.29 is 39.9 Å². The number of rotatable bonds is 1. The Balaban J connectivity index is 3.04. The molecule has 1 aliphatic heterocycles. The molecule has 2 atom stereocenters. The maximum Gasteiger partial charge on any atom is 0.434 e. The van der Waals surface area contributed by atoms with Gasteiger partial charge in [0, 0.05) is 0 Å². The number of hydrogen-bond acceptors (Lipinski definition) is 1. The van der Waals surface area contributed by atoms with Crippen LogP contribution < -0.4 is 0 Å². The Morgan fingerprint density at radius 3 is 1.14 bits per heavy atom. The summed E-state index contributed by atoms with van der Waals surface area (Å²) in [5.41, 5.74) is -5.64. The minimum absolute atomic E-state index is 2.87. The van der Waals surface area contributed by atoms with Crippen molar-refractivity contribution in [1.82, 2.24) is 0 Å². The van der Waals surface area contributed by atoms with Gasteiger partial charge in [-0.15, -0.1) is 0 Å². The highest BCUT2D eigenvalue weighted by Crippen LogP contribution is 2.54. The molecule has 0 bridgehead atoms. The fraction of sp³-hybridized carbons (Fsp3) is 1.00. The molecule has 1 aliphatic rings. The smallest absolute Gasteiger partial charge is 0.333 e. The molecule has 2 unspecified atom stereocenters. The van der Waals surface area contributed by atoms with Gasteiger partial charge >= 0.3 is 18.0 Å². The molecule has 1 fully saturated rings. The molecule has 14 heavy (non-hydrogen) atoms. The van der Waals surface area contributed by atoms with Gasteiger partial charge in [-0.25, -0.2) is 8.78 Å². The molecule has 0 radical (unpaired) electrons. The van der Waals surface area contributed by atoms with E-state index >= 15 is 0 Å². The summed E-state index contributed by atoms with van der Waals surface area (Å²) in [6.45, 7) is 0. The summed E-state index contributed by atoms with van der Waals surface area (Å²) >= 11 is 0. The zero-order valence-electron chi connectivity index (χ0n) is 6.09. The van der Waals surface area contributed by atoms with Crippen molar-refractivity contribution in [3.8, 4) is 0 Å². The van der Waals surface area contributed by atoms with E-state index in [1.807, 2.05) is 0 Å². The highest BCUT2D eigenvalue weighted by atomic mass is 19.4. The normalized spacial score (nSPS) is 29.1. The first-order valence-corrected chi connectivity index (χ1v) is 3.13. The standard InChI is InChI=1S/C5H2F8O/c6-2-1(14-2)3(7,4(8,9)10)5(11,12)13/h1-2H. The average Bonchev–Trinajstić information content (AvgIpc) is 2.60. The van der Waals surface area contributed by atoms with E-state index in [-0.39, 0.29) is 0 Å². The second-order valence-corrected chi connectivity index (χ2v) is 2.62. The Bertz CT molecular complexity index is 215. The van der Waals surface area contributed by atoms with E-state index in [4.69, 9.17) is 0 Å². The summed E-state index contributed by atoms with van der Waals surface area (Å²) in [7, 11) is 0. The second kappa shape index (κ2) is 2.71. The second-order valence-electron chi connectivity index (χ2n) is 2.62. The largest absolute Gasteiger partial charge is 0.434 e. The van der Waals surface area contributed by atoms with Crippen LogP contribution in [-0.2, 0) is 4.74 Å². The van der Waals surface area contributed by atoms with Crippen molar-refractivity contribution in [2.75, 3.05) is 0 Å². The van der Waals surface area contributed by atoms with E-state index in [0.29, 0.717) is 0 Å². The minimum atomic E-state index is -6.25. The van der Waals surface area contributed by atoms with Gasteiger partial charge < -0.3 is 4.74 Å². The molecule has 1 heterocycles. The van der Waals surface area contributed by atoms with Gasteiger partial charge in [-0.3, -0.25) is 0 Å². The van der Waals surface area contributed by atoms with Crippen LogP contribution in [0, 0.1) is 0 Å². The number of ether oxygens (including phenoxy) is 1. The van der Waals surface area contributed by atoms with Gasteiger partial charge in [0.2, 0.25) is 6.36 Å². The van der Waals surface area contributed by atoms with E-state index < -0.39 is 30.5 Å². The summed E-state index contributed by atoms with van der Waals surface area (Å²) in [5.74, 6) is 0. The van der Waals surface area contributed by atoms with Crippen LogP contribution in [0.15, 0.2) is 0 Å². The Kier molecular flexibility index (Phi) is 2.22. The molecule has 9 heteroatoms. The molecule has 0 aromatic rings. The van der Waals surface area contributed by atoms with E-state index in [0.717, 1.165) is 0 Å². The SMILES string of the molecule is FC1OC1C(F)(C(F)(F)F)C(F)(F)F. The number of alkyl halides is 8. The third-order valence-electron chi connectivity index (χ3n) is 1.66. The number of hydrogen-bond donors (Lipinski definition) is 0. The maximum absolute atomic E-state index is 12.6. The third kappa shape index (κ3) is 1.43. The van der Waals surface area contributed by atoms with Crippen LogP contribution in [0.5, 0.6) is 0 Å². The van der Waals surface area contributed by atoms with Crippen molar-refractivity contribution in [3.63, 3.8) is 0 Å². The summed E-state index contributed by atoms with van der Waals surface area (Å²) < 4.78 is 98.1. The van der Waals surface area contributed by atoms with Crippen molar-refractivity contribution >= 4 is 0 Å². The molecule has 0 spiro atoms. The molecule has 1 saturated heterocycles. The van der Waals surface area contributed by atoms with Gasteiger partial charge in [0.05, 0.1) is 0 Å². The van der Waals surface area contributed by atoms with Gasteiger partial charge in [-0.2, -0.15) is 26.3 Å². The van der Waals surface area contributed by atoms with E-state index in [1.165, 1.54) is 0 Å². The summed E-state index contributed by atoms with van der Waals surface area (Å²) in [4.78, 5) is 0. The Hall–Kier alpha value is -0.600. The summed E-state index contributed by atoms with van der Waals surface area (Å²) in [6, 6.07) is 0. The zero-order valence-corrected chi connectivity index (χ0v) is 6.09. The van der Waals surface area contributed by atoms with Crippen LogP contribution in [0.1, 0.15) is 0 Å².